The average Bonchev–Trinajstić information content (AvgIpc) is 3.14. The van der Waals surface area contributed by atoms with E-state index in [1.54, 1.807) is 32.7 Å². The van der Waals surface area contributed by atoms with Gasteiger partial charge in [0, 0.05) is 16.9 Å². The van der Waals surface area contributed by atoms with Crippen molar-refractivity contribution in [3.05, 3.63) is 0 Å². The molecule has 0 amide bonds. The molecule has 9 N–H and O–H groups in total. The first-order valence-corrected chi connectivity index (χ1v) is 71.4. The summed E-state index contributed by atoms with van der Waals surface area (Å²) in [5.41, 5.74) is 0. The smallest absolute Gasteiger partial charge is 0.342 e. The van der Waals surface area contributed by atoms with E-state index in [0.29, 0.717) is 6.42 Å². The largest absolute Gasteiger partial charge is 0.439 e. The van der Waals surface area contributed by atoms with Gasteiger partial charge in [-0.2, -0.15) is 0 Å². The summed E-state index contributed by atoms with van der Waals surface area (Å²) in [5.74, 6) is 0. The Labute approximate surface area is 414 Å². The van der Waals surface area contributed by atoms with Crippen LogP contribution in [0.4, 0.5) is 0 Å². The second-order valence-electron chi connectivity index (χ2n) is 20.5. The van der Waals surface area contributed by atoms with Gasteiger partial charge in [0.25, 0.3) is 33.8 Å². The Balaban J connectivity index is -0.00000583. The van der Waals surface area contributed by atoms with Crippen molar-refractivity contribution < 1.29 is 72.3 Å². The summed E-state index contributed by atoms with van der Waals surface area (Å²) in [7, 11) is -42.3. The van der Waals surface area contributed by atoms with Crippen molar-refractivity contribution in [2.24, 2.45) is 0 Å². The number of rotatable bonds is 33. The molecule has 0 aromatic heterocycles. The summed E-state index contributed by atoms with van der Waals surface area (Å²) in [4.78, 5) is 109. The van der Waals surface area contributed by atoms with E-state index >= 15 is 0 Å². The molecule has 0 spiro atoms. The molecule has 0 aromatic rings. The van der Waals surface area contributed by atoms with Crippen LogP contribution in [0.2, 0.25) is 84.6 Å². The van der Waals surface area contributed by atoms with Crippen LogP contribution in [0.3, 0.4) is 0 Å². The fourth-order valence-electron chi connectivity index (χ4n) is 8.55. The van der Waals surface area contributed by atoms with Gasteiger partial charge in [0.1, 0.15) is 0 Å². The molecule has 5 unspecified atom stereocenters. The van der Waals surface area contributed by atoms with Crippen molar-refractivity contribution >= 4 is 142 Å². The third kappa shape index (κ3) is 20.5. The summed E-state index contributed by atoms with van der Waals surface area (Å²) in [6.07, 6.45) is 13.2. The van der Waals surface area contributed by atoms with Gasteiger partial charge in [-0.05, 0) is 84.6 Å². The van der Waals surface area contributed by atoms with Crippen LogP contribution in [-0.2, 0) is 29.1 Å². The summed E-state index contributed by atoms with van der Waals surface area (Å²) >= 11 is 0. The molecule has 0 saturated carbocycles. The van der Waals surface area contributed by atoms with Gasteiger partial charge in [0.2, 0.25) is 30.4 Å². The van der Waals surface area contributed by atoms with Gasteiger partial charge in [-0.1, -0.05) is 112 Å². The Morgan fingerprint density at radius 3 is 1.19 bits per heavy atom. The highest BCUT2D eigenvalue weighted by molar-refractivity contribution is 8.08. The molecule has 0 radical (unpaired) electrons. The van der Waals surface area contributed by atoms with Crippen LogP contribution in [0.15, 0.2) is 0 Å². The normalized spacial score (nSPS) is 19.7. The van der Waals surface area contributed by atoms with E-state index in [4.69, 9.17) is 29.1 Å². The van der Waals surface area contributed by atoms with Crippen molar-refractivity contribution in [1.82, 2.24) is 0 Å². The SMILES string of the molecule is CCC.CCC.CCCCCCCCCCCC[Si](C)(O)[Si](O[SiH2]O)(O[Si](O[Si](C)(C)O[Si](C)(C)C)([Si](O[Si](C)(C)O)([SiH2]O)[SiH2]O)[Si](O[SiH2]O)([Si](C)(C)O)[Si]([SiH3])(OC)[SiH2]O)[Si](C)(C)O. The molecule has 0 aliphatic carbocycles. The quantitative estimate of drug-likeness (QED) is 0.0295. The van der Waals surface area contributed by atoms with E-state index < -0.39 is 133 Å². The first-order chi connectivity index (χ1) is 29.1. The molecule has 0 fully saturated rings. The van der Waals surface area contributed by atoms with Crippen LogP contribution < -0.4 is 0 Å². The van der Waals surface area contributed by atoms with E-state index in [0.717, 1.165) is 25.7 Å². The predicted octanol–water partition coefficient (Wildman–Crippen LogP) is -0.567. The summed E-state index contributed by atoms with van der Waals surface area (Å²) in [6.45, 7) is 18.8. The molecule has 390 valence electrons. The maximum Gasteiger partial charge on any atom is 0.342 e. The Hall–Kier alpha value is 3.05. The number of unbranched alkanes of at least 4 members (excludes halogenated alkanes) is 9. The standard InChI is InChI=1S/C25H86O16Si17.2C3H8/c1-15-16-17-18-19-20-21-22-23-24-25-53(14,34)54(36-43-26,50(8,9)32)41-55(40-52(12,13)38-48(3,4)5,57(46-29,47-30)39-49(6,7)31)58(37-44-27,51(10,11)33)56(42,35-2)45-28;2*1-3-2/h26-34H,15-25,43-47H2,1-14,42H3;2*3H2,1-2H3. The van der Waals surface area contributed by atoms with E-state index in [1.807, 2.05) is 32.7 Å². The zero-order valence-corrected chi connectivity index (χ0v) is 64.2. The monoisotopic (exact) mass is 1210 g/mol. The third-order valence-electron chi connectivity index (χ3n) is 10.7. The molecular formula is C31H102O16Si17. The Bertz CT molecular complexity index is 1220. The van der Waals surface area contributed by atoms with Gasteiger partial charge in [0.05, 0.1) is 0 Å². The molecule has 16 nitrogen and oxygen atoms in total. The fourth-order valence-corrected chi connectivity index (χ4v) is 314. The van der Waals surface area contributed by atoms with Gasteiger partial charge in [-0.3, -0.25) is 0 Å². The van der Waals surface area contributed by atoms with Crippen LogP contribution in [0.25, 0.3) is 0 Å². The molecule has 64 heavy (non-hydrogen) atoms. The highest BCUT2D eigenvalue weighted by atomic mass is 30.3. The van der Waals surface area contributed by atoms with E-state index in [-0.39, 0.29) is 15.8 Å². The van der Waals surface area contributed by atoms with Crippen molar-refractivity contribution in [2.75, 3.05) is 7.11 Å². The first kappa shape index (κ1) is 71.3. The molecule has 0 saturated heterocycles. The van der Waals surface area contributed by atoms with Gasteiger partial charge in [-0.15, -0.1) is 0 Å². The Morgan fingerprint density at radius 1 is 0.484 bits per heavy atom. The molecule has 0 rings (SSSR count). The van der Waals surface area contributed by atoms with Crippen molar-refractivity contribution in [3.63, 3.8) is 0 Å². The second kappa shape index (κ2) is 31.6. The number of hydrogen-bond donors (Lipinski definition) is 9. The molecule has 0 bridgehead atoms. The molecule has 0 aromatic carbocycles. The lowest BCUT2D eigenvalue weighted by atomic mass is 10.1. The Kier molecular flexibility index (Phi) is 35.2. The second-order valence-corrected chi connectivity index (χ2v) is 129. The maximum absolute atomic E-state index is 13.2. The average molecular weight is 1210 g/mol. The van der Waals surface area contributed by atoms with Crippen molar-refractivity contribution in [3.8, 4) is 0 Å². The zero-order valence-electron chi connectivity index (χ0n) is 44.1. The van der Waals surface area contributed by atoms with Gasteiger partial charge >= 0.3 is 32.3 Å². The molecule has 33 heteroatoms. The topological polar surface area (TPSA) is 247 Å². The minimum atomic E-state index is -5.08. The molecule has 0 aliphatic heterocycles. The predicted molar refractivity (Wildman–Crippen MR) is 308 cm³/mol. The van der Waals surface area contributed by atoms with Gasteiger partial charge in [-0.25, -0.2) is 0 Å². The third-order valence-corrected chi connectivity index (χ3v) is 190. The first-order valence-electron chi connectivity index (χ1n) is 23.7. The summed E-state index contributed by atoms with van der Waals surface area (Å²) in [6, 6.07) is 0.257. The van der Waals surface area contributed by atoms with E-state index in [1.165, 1.54) is 65.1 Å². The Morgan fingerprint density at radius 2 is 0.891 bits per heavy atom. The lowest BCUT2D eigenvalue weighted by Gasteiger charge is -2.64. The van der Waals surface area contributed by atoms with E-state index in [9.17, 15) is 43.2 Å². The molecule has 0 heterocycles. The minimum Gasteiger partial charge on any atom is -0.439 e. The summed E-state index contributed by atoms with van der Waals surface area (Å²) < 4.78 is 49.2. The number of hydrogen-bond acceptors (Lipinski definition) is 16. The van der Waals surface area contributed by atoms with Crippen LogP contribution in [0.1, 0.15) is 112 Å². The molecule has 5 atom stereocenters. The highest BCUT2D eigenvalue weighted by Gasteiger charge is 2.89. The van der Waals surface area contributed by atoms with Gasteiger partial charge < -0.3 is 72.3 Å². The maximum atomic E-state index is 13.2. The van der Waals surface area contributed by atoms with Gasteiger partial charge in [0.15, 0.2) is 36.2 Å². The van der Waals surface area contributed by atoms with Crippen molar-refractivity contribution in [1.29, 1.82) is 0 Å². The highest BCUT2D eigenvalue weighted by Crippen LogP contribution is 2.47. The fraction of sp³-hybridized carbons (Fsp3) is 1.00. The molecule has 0 aliphatic rings. The van der Waals surface area contributed by atoms with Crippen LogP contribution in [0, 0.1) is 0 Å². The zero-order chi connectivity index (χ0) is 51.2. The van der Waals surface area contributed by atoms with Crippen molar-refractivity contribution in [2.45, 2.75) is 196 Å². The van der Waals surface area contributed by atoms with Crippen LogP contribution in [0.5, 0.6) is 0 Å². The minimum absolute atomic E-state index is 0.166. The summed E-state index contributed by atoms with van der Waals surface area (Å²) in [5, 5.41) is 0. The van der Waals surface area contributed by atoms with Crippen LogP contribution >= 0.6 is 0 Å². The lowest BCUT2D eigenvalue weighted by molar-refractivity contribution is 0.298. The van der Waals surface area contributed by atoms with E-state index in [2.05, 4.69) is 34.6 Å². The van der Waals surface area contributed by atoms with Crippen LogP contribution in [-0.4, -0.2) is 193 Å². The lowest BCUT2D eigenvalue weighted by Crippen LogP contribution is -3.04. The molecular weight excluding hydrogens is 1110 g/mol.